The summed E-state index contributed by atoms with van der Waals surface area (Å²) in [5.41, 5.74) is 2.03. The summed E-state index contributed by atoms with van der Waals surface area (Å²) in [6, 6.07) is 12.5. The molecule has 2 heterocycles. The van der Waals surface area contributed by atoms with E-state index in [0.29, 0.717) is 47.5 Å². The molecule has 1 aliphatic rings. The molecular weight excluding hydrogens is 494 g/mol. The Morgan fingerprint density at radius 1 is 1.22 bits per heavy atom. The first kappa shape index (κ1) is 26.8. The van der Waals surface area contributed by atoms with Gasteiger partial charge in [-0.2, -0.15) is 0 Å². The predicted molar refractivity (Wildman–Crippen MR) is 142 cm³/mol. The lowest BCUT2D eigenvalue weighted by atomic mass is 9.98. The molecule has 1 aromatic heterocycles. The van der Waals surface area contributed by atoms with Gasteiger partial charge in [-0.05, 0) is 63.9 Å². The Morgan fingerprint density at radius 3 is 2.62 bits per heavy atom. The Morgan fingerprint density at radius 2 is 1.95 bits per heavy atom. The number of carbonyl (C=O) groups excluding carboxylic acids is 1. The molecule has 4 rings (SSSR count). The summed E-state index contributed by atoms with van der Waals surface area (Å²) in [7, 11) is 1.61. The van der Waals surface area contributed by atoms with Crippen LogP contribution in [0.2, 0.25) is 5.02 Å². The van der Waals surface area contributed by atoms with E-state index in [2.05, 4.69) is 15.5 Å². The van der Waals surface area contributed by atoms with Gasteiger partial charge in [-0.25, -0.2) is 0 Å². The van der Waals surface area contributed by atoms with E-state index in [-0.39, 0.29) is 12.3 Å². The highest BCUT2D eigenvalue weighted by Crippen LogP contribution is 2.34. The number of aryl methyl sites for hydroxylation is 1. The van der Waals surface area contributed by atoms with E-state index >= 15 is 0 Å². The van der Waals surface area contributed by atoms with Crippen molar-refractivity contribution in [3.8, 4) is 11.4 Å². The number of rotatable bonds is 9. The zero-order valence-electron chi connectivity index (χ0n) is 21.4. The minimum Gasteiger partial charge on any atom is -0.497 e. The Hall–Kier alpha value is -3.27. The minimum absolute atomic E-state index is 0.0639. The number of carbonyl (C=O) groups is 1. The fourth-order valence-corrected chi connectivity index (χ4v) is 4.43. The molecule has 0 bridgehead atoms. The Bertz CT molecular complexity index is 1300. The van der Waals surface area contributed by atoms with E-state index < -0.39 is 17.7 Å². The number of halogens is 1. The van der Waals surface area contributed by atoms with Crippen LogP contribution >= 0.6 is 11.6 Å². The van der Waals surface area contributed by atoms with E-state index in [0.717, 1.165) is 16.8 Å². The Balaban J connectivity index is 1.65. The van der Waals surface area contributed by atoms with Crippen molar-refractivity contribution in [2.24, 2.45) is 4.99 Å². The molecule has 0 fully saturated rings. The van der Waals surface area contributed by atoms with Crippen LogP contribution in [-0.2, 0) is 4.79 Å². The van der Waals surface area contributed by atoms with Crippen molar-refractivity contribution in [1.29, 1.82) is 0 Å². The zero-order valence-corrected chi connectivity index (χ0v) is 22.2. The van der Waals surface area contributed by atoms with Gasteiger partial charge >= 0.3 is 0 Å². The van der Waals surface area contributed by atoms with E-state index in [1.165, 1.54) is 0 Å². The summed E-state index contributed by atoms with van der Waals surface area (Å²) >= 11 is 6.14. The van der Waals surface area contributed by atoms with Crippen LogP contribution in [0.25, 0.3) is 5.69 Å². The minimum atomic E-state index is -1.18. The monoisotopic (exact) mass is 525 g/mol. The van der Waals surface area contributed by atoms with Crippen LogP contribution in [0.1, 0.15) is 61.9 Å². The lowest BCUT2D eigenvalue weighted by molar-refractivity contribution is -0.121. The normalized spacial score (nSPS) is 15.8. The van der Waals surface area contributed by atoms with Gasteiger partial charge in [0.2, 0.25) is 5.91 Å². The molecule has 0 saturated heterocycles. The summed E-state index contributed by atoms with van der Waals surface area (Å²) in [6.45, 7) is 5.35. The number of methoxy groups -OCH3 is 1. The van der Waals surface area contributed by atoms with Gasteiger partial charge in [0.05, 0.1) is 36.6 Å². The molecule has 0 saturated carbocycles. The molecule has 2 aromatic carbocycles. The number of nitrogens with one attached hydrogen (secondary N) is 1. The summed E-state index contributed by atoms with van der Waals surface area (Å²) < 4.78 is 7.42. The first-order valence-corrected chi connectivity index (χ1v) is 12.6. The third kappa shape index (κ3) is 6.01. The number of hydrogen-bond donors (Lipinski definition) is 3. The number of aliphatic hydroxyl groups is 2. The van der Waals surface area contributed by atoms with Gasteiger partial charge < -0.3 is 20.3 Å². The second-order valence-electron chi connectivity index (χ2n) is 9.69. The van der Waals surface area contributed by atoms with Crippen LogP contribution in [0, 0.1) is 6.92 Å². The number of hydrogen-bond acceptors (Lipinski definition) is 7. The molecule has 37 heavy (non-hydrogen) atoms. The second kappa shape index (κ2) is 11.0. The van der Waals surface area contributed by atoms with Crippen molar-refractivity contribution >= 4 is 23.2 Å². The number of benzene rings is 2. The quantitative estimate of drug-likeness (QED) is 0.367. The molecule has 1 amide bonds. The van der Waals surface area contributed by atoms with Crippen molar-refractivity contribution in [3.63, 3.8) is 0 Å². The number of ether oxygens (including phenoxy) is 1. The average molecular weight is 526 g/mol. The smallest absolute Gasteiger partial charge is 0.222 e. The summed E-state index contributed by atoms with van der Waals surface area (Å²) in [5, 5.41) is 32.1. The van der Waals surface area contributed by atoms with Gasteiger partial charge in [-0.15, -0.1) is 10.2 Å². The molecule has 0 spiro atoms. The summed E-state index contributed by atoms with van der Waals surface area (Å²) in [6.07, 6.45) is 0.0989. The van der Waals surface area contributed by atoms with Crippen molar-refractivity contribution in [2.45, 2.75) is 57.8 Å². The van der Waals surface area contributed by atoms with Gasteiger partial charge in [0, 0.05) is 22.7 Å². The molecule has 1 unspecified atom stereocenters. The van der Waals surface area contributed by atoms with Gasteiger partial charge in [0.15, 0.2) is 5.82 Å². The van der Waals surface area contributed by atoms with Crippen LogP contribution in [0.5, 0.6) is 5.75 Å². The lowest BCUT2D eigenvalue weighted by Gasteiger charge is -2.24. The van der Waals surface area contributed by atoms with Crippen molar-refractivity contribution in [1.82, 2.24) is 20.1 Å². The third-order valence-electron chi connectivity index (χ3n) is 6.42. The second-order valence-corrected chi connectivity index (χ2v) is 10.1. The fourth-order valence-electron chi connectivity index (χ4n) is 4.30. The number of aliphatic imine (C=N–C) groups is 1. The van der Waals surface area contributed by atoms with Crippen LogP contribution < -0.4 is 10.1 Å². The number of aliphatic hydroxyl groups excluding tert-OH is 1. The maximum Gasteiger partial charge on any atom is 0.222 e. The van der Waals surface area contributed by atoms with Crippen molar-refractivity contribution in [3.05, 3.63) is 70.3 Å². The van der Waals surface area contributed by atoms with E-state index in [4.69, 9.17) is 21.3 Å². The van der Waals surface area contributed by atoms with E-state index in [9.17, 15) is 15.0 Å². The molecule has 9 nitrogen and oxygen atoms in total. The number of fused-ring (bicyclic) bond motifs is 3. The molecular formula is C27H32ClN5O4. The summed E-state index contributed by atoms with van der Waals surface area (Å²) in [5.74, 6) is 1.73. The lowest BCUT2D eigenvalue weighted by Crippen LogP contribution is -2.36. The predicted octanol–water partition coefficient (Wildman–Crippen LogP) is 3.55. The standard InChI is InChI=1S/C27H32ClN5O4/c1-16-31-32-26-21(15-24(35)29-13-5-6-23(34)27(2,3)36)30-25(17-7-9-18(28)10-8-17)20-14-19(37-4)11-12-22(20)33(16)26/h7-12,14,21,23,34,36H,5-6,13,15H2,1-4H3,(H,29,35)/t21-,23?/m0/s1. The van der Waals surface area contributed by atoms with Crippen LogP contribution in [0.3, 0.4) is 0 Å². The highest BCUT2D eigenvalue weighted by molar-refractivity contribution is 6.30. The molecule has 196 valence electrons. The molecule has 0 radical (unpaired) electrons. The summed E-state index contributed by atoms with van der Waals surface area (Å²) in [4.78, 5) is 18.0. The zero-order chi connectivity index (χ0) is 26.7. The highest BCUT2D eigenvalue weighted by Gasteiger charge is 2.30. The Labute approximate surface area is 221 Å². The van der Waals surface area contributed by atoms with Crippen molar-refractivity contribution < 1.29 is 19.7 Å². The number of amides is 1. The average Bonchev–Trinajstić information content (AvgIpc) is 3.18. The van der Waals surface area contributed by atoms with Gasteiger partial charge in [-0.3, -0.25) is 14.4 Å². The molecule has 3 N–H and O–H groups in total. The first-order chi connectivity index (χ1) is 17.6. The van der Waals surface area contributed by atoms with Gasteiger partial charge in [0.25, 0.3) is 0 Å². The third-order valence-corrected chi connectivity index (χ3v) is 6.67. The number of aromatic nitrogens is 3. The Kier molecular flexibility index (Phi) is 7.96. The molecule has 0 aliphatic carbocycles. The maximum absolute atomic E-state index is 13.0. The first-order valence-electron chi connectivity index (χ1n) is 12.2. The van der Waals surface area contributed by atoms with Crippen molar-refractivity contribution in [2.75, 3.05) is 13.7 Å². The largest absolute Gasteiger partial charge is 0.497 e. The molecule has 1 aliphatic heterocycles. The fraction of sp³-hybridized carbons (Fsp3) is 0.407. The SMILES string of the molecule is COc1ccc2c(c1)C(c1ccc(Cl)cc1)=N[C@@H](CC(=O)NCCCC(O)C(C)(C)O)c1nnc(C)n1-2. The van der Waals surface area contributed by atoms with E-state index in [1.807, 2.05) is 41.8 Å². The highest BCUT2D eigenvalue weighted by atomic mass is 35.5. The van der Waals surface area contributed by atoms with Gasteiger partial charge in [0.1, 0.15) is 17.6 Å². The van der Waals surface area contributed by atoms with Gasteiger partial charge in [-0.1, -0.05) is 23.7 Å². The topological polar surface area (TPSA) is 122 Å². The van der Waals surface area contributed by atoms with Crippen LogP contribution in [0.4, 0.5) is 0 Å². The van der Waals surface area contributed by atoms with Crippen LogP contribution in [0.15, 0.2) is 47.5 Å². The van der Waals surface area contributed by atoms with E-state index in [1.54, 1.807) is 33.1 Å². The molecule has 10 heteroatoms. The van der Waals surface area contributed by atoms with Crippen LogP contribution in [-0.4, -0.2) is 62.0 Å². The number of nitrogens with zero attached hydrogens (tertiary/aromatic N) is 4. The maximum atomic E-state index is 13.0. The molecule has 2 atom stereocenters. The molecule has 3 aromatic rings.